The van der Waals surface area contributed by atoms with Crippen molar-refractivity contribution in [2.24, 2.45) is 0 Å². The minimum Gasteiger partial charge on any atom is -0.455 e. The number of furan rings is 2. The molecular weight excluding hydrogens is 1360 g/mol. The summed E-state index contributed by atoms with van der Waals surface area (Å²) in [7, 11) is -1.53. The molecule has 0 bridgehead atoms. The van der Waals surface area contributed by atoms with Crippen molar-refractivity contribution >= 4 is 180 Å². The molecule has 0 unspecified atom stereocenters. The van der Waals surface area contributed by atoms with Gasteiger partial charge < -0.3 is 18.9 Å². The molecule has 106 heavy (non-hydrogen) atoms. The lowest BCUT2D eigenvalue weighted by Gasteiger charge is -2.19. The third-order valence-corrected chi connectivity index (χ3v) is 22.1. The third-order valence-electron chi connectivity index (χ3n) is 21.6. The molecule has 2 aromatic heterocycles. The number of benzene rings is 20. The summed E-state index contributed by atoms with van der Waals surface area (Å²) in [6.07, 6.45) is 0. The zero-order chi connectivity index (χ0) is 70.5. The van der Waals surface area contributed by atoms with Gasteiger partial charge in [0.15, 0.2) is 0 Å². The zero-order valence-electron chi connectivity index (χ0n) is 57.3. The summed E-state index contributed by atoms with van der Waals surface area (Å²) in [5.41, 5.74) is 16.4. The summed E-state index contributed by atoms with van der Waals surface area (Å²) in [5, 5.41) is 48.4. The Hall–Kier alpha value is -12.9. The maximum absolute atomic E-state index is 10.1. The Morgan fingerprint density at radius 1 is 0.217 bits per heavy atom. The predicted octanol–water partition coefficient (Wildman–Crippen LogP) is 27.2. The molecule has 0 saturated carbocycles. The number of rotatable bonds is 6. The van der Waals surface area contributed by atoms with Crippen LogP contribution in [0, 0.1) is 0 Å². The average Bonchev–Trinajstić information content (AvgIpc) is 1.42. The van der Waals surface area contributed by atoms with E-state index in [0.29, 0.717) is 5.46 Å². The van der Waals surface area contributed by atoms with Crippen molar-refractivity contribution in [1.29, 1.82) is 0 Å². The molecule has 0 spiro atoms. The van der Waals surface area contributed by atoms with E-state index in [4.69, 9.17) is 8.83 Å². The molecule has 22 rings (SSSR count). The number of fused-ring (bicyclic) bond motifs is 22. The van der Waals surface area contributed by atoms with E-state index in [-0.39, 0.29) is 0 Å². The number of hydrogen-bond acceptors (Lipinski definition) is 4. The van der Waals surface area contributed by atoms with Gasteiger partial charge >= 0.3 is 7.12 Å². The topological polar surface area (TPSA) is 66.7 Å². The number of hydrogen-bond donors (Lipinski definition) is 2. The van der Waals surface area contributed by atoms with Crippen LogP contribution in [0.25, 0.3) is 207 Å². The highest BCUT2D eigenvalue weighted by Gasteiger charge is 2.25. The van der Waals surface area contributed by atoms with Gasteiger partial charge in [0.25, 0.3) is 0 Å². The highest BCUT2D eigenvalue weighted by atomic mass is 79.9. The molecule has 0 aliphatic heterocycles. The van der Waals surface area contributed by atoms with Crippen molar-refractivity contribution in [3.05, 3.63) is 368 Å². The molecule has 0 aliphatic carbocycles. The Balaban J connectivity index is 0.000000115. The fourth-order valence-corrected chi connectivity index (χ4v) is 17.4. The predicted molar refractivity (Wildman–Crippen MR) is 454 cm³/mol. The standard InChI is InChI=1S/C50H30O.C26H15BrO.C24H17BO2/c1-2-17-35-31(13-1)14-12-26-38(35)48-42-23-8-6-21-40(42)47(41-22-7-9-24-43(41)48)34-16-11-15-32(29-34)33-27-28-46-45(30-33)49-39-20-5-3-18-36(39)37-19-4-10-25-44(37)50(49)51-46;27-18-7-5-6-16(14-18)17-12-13-24-23(15-17)25-21-10-3-1-8-19(21)20-9-2-4-11-22(20)26(25)28-24;26-25(27)24-21-13-5-3-11-19(21)23(20-12-4-6-14-22(20)24)18-15-7-9-16-8-1-2-10-17(16)18/h1-30H;1-15H;1-15,26-27H. The van der Waals surface area contributed by atoms with E-state index in [9.17, 15) is 10.0 Å². The number of halogens is 1. The monoisotopic (exact) mass is 1420 g/mol. The van der Waals surface area contributed by atoms with Gasteiger partial charge in [-0.15, -0.1) is 0 Å². The highest BCUT2D eigenvalue weighted by Crippen LogP contribution is 2.49. The van der Waals surface area contributed by atoms with Crippen molar-refractivity contribution in [3.63, 3.8) is 0 Å². The Labute approximate surface area is 618 Å². The van der Waals surface area contributed by atoms with Crippen molar-refractivity contribution in [3.8, 4) is 55.6 Å². The summed E-state index contributed by atoms with van der Waals surface area (Å²) in [6, 6.07) is 129. The van der Waals surface area contributed by atoms with Crippen LogP contribution < -0.4 is 5.46 Å². The van der Waals surface area contributed by atoms with Gasteiger partial charge in [-0.3, -0.25) is 0 Å². The van der Waals surface area contributed by atoms with Crippen LogP contribution in [-0.4, -0.2) is 17.2 Å². The van der Waals surface area contributed by atoms with Crippen LogP contribution >= 0.6 is 15.9 Å². The molecule has 0 aliphatic rings. The van der Waals surface area contributed by atoms with Crippen LogP contribution in [0.2, 0.25) is 0 Å². The maximum Gasteiger partial charge on any atom is 0.489 e. The minimum atomic E-state index is -1.53. The van der Waals surface area contributed by atoms with E-state index in [1.54, 1.807) is 0 Å². The van der Waals surface area contributed by atoms with E-state index in [0.717, 1.165) is 81.0 Å². The van der Waals surface area contributed by atoms with Gasteiger partial charge in [0, 0.05) is 36.8 Å². The molecule has 20 aromatic carbocycles. The summed E-state index contributed by atoms with van der Waals surface area (Å²) >= 11 is 3.58. The smallest absolute Gasteiger partial charge is 0.455 e. The van der Waals surface area contributed by atoms with Crippen molar-refractivity contribution < 1.29 is 18.9 Å². The van der Waals surface area contributed by atoms with Gasteiger partial charge in [0.1, 0.15) is 22.3 Å². The van der Waals surface area contributed by atoms with Crippen molar-refractivity contribution in [1.82, 2.24) is 0 Å². The first-order valence-electron chi connectivity index (χ1n) is 35.9. The van der Waals surface area contributed by atoms with E-state index >= 15 is 0 Å². The Morgan fingerprint density at radius 3 is 0.943 bits per heavy atom. The van der Waals surface area contributed by atoms with Crippen LogP contribution in [0.5, 0.6) is 0 Å². The second-order valence-electron chi connectivity index (χ2n) is 27.5. The van der Waals surface area contributed by atoms with Crippen LogP contribution in [0.4, 0.5) is 0 Å². The minimum absolute atomic E-state index is 0.560. The lowest BCUT2D eigenvalue weighted by Crippen LogP contribution is -2.31. The molecule has 0 radical (unpaired) electrons. The van der Waals surface area contributed by atoms with Gasteiger partial charge in [-0.25, -0.2) is 0 Å². The van der Waals surface area contributed by atoms with E-state index in [1.165, 1.54) is 131 Å². The van der Waals surface area contributed by atoms with Gasteiger partial charge in [-0.1, -0.05) is 337 Å². The van der Waals surface area contributed by atoms with Gasteiger partial charge in [-0.05, 0) is 201 Å². The van der Waals surface area contributed by atoms with E-state index in [1.807, 2.05) is 42.5 Å². The van der Waals surface area contributed by atoms with Crippen molar-refractivity contribution in [2.45, 2.75) is 0 Å². The van der Waals surface area contributed by atoms with Gasteiger partial charge in [-0.2, -0.15) is 0 Å². The summed E-state index contributed by atoms with van der Waals surface area (Å²) in [6.45, 7) is 0. The van der Waals surface area contributed by atoms with E-state index < -0.39 is 7.12 Å². The highest BCUT2D eigenvalue weighted by molar-refractivity contribution is 9.10. The van der Waals surface area contributed by atoms with Crippen molar-refractivity contribution in [2.75, 3.05) is 0 Å². The molecule has 0 atom stereocenters. The molecule has 0 saturated heterocycles. The summed E-state index contributed by atoms with van der Waals surface area (Å²) in [5.74, 6) is 0. The first kappa shape index (κ1) is 62.8. The summed E-state index contributed by atoms with van der Waals surface area (Å²) < 4.78 is 14.1. The second-order valence-corrected chi connectivity index (χ2v) is 28.4. The molecule has 2 N–H and O–H groups in total. The van der Waals surface area contributed by atoms with Gasteiger partial charge in [0.2, 0.25) is 0 Å². The summed E-state index contributed by atoms with van der Waals surface area (Å²) in [4.78, 5) is 0. The fraction of sp³-hybridized carbons (Fsp3) is 0. The van der Waals surface area contributed by atoms with Crippen LogP contribution in [0.1, 0.15) is 0 Å². The molecule has 22 aromatic rings. The first-order valence-corrected chi connectivity index (χ1v) is 36.7. The van der Waals surface area contributed by atoms with Gasteiger partial charge in [0.05, 0.1) is 0 Å². The fourth-order valence-electron chi connectivity index (χ4n) is 17.0. The Kier molecular flexibility index (Phi) is 15.3. The second kappa shape index (κ2) is 25.8. The normalized spacial score (nSPS) is 11.7. The average molecular weight is 1420 g/mol. The maximum atomic E-state index is 10.1. The Morgan fingerprint density at radius 2 is 0.519 bits per heavy atom. The largest absolute Gasteiger partial charge is 0.489 e. The quantitative estimate of drug-likeness (QED) is 0.0989. The molecule has 496 valence electrons. The van der Waals surface area contributed by atoms with E-state index in [2.05, 4.69) is 337 Å². The molecule has 0 amide bonds. The van der Waals surface area contributed by atoms with Crippen LogP contribution in [-0.2, 0) is 0 Å². The van der Waals surface area contributed by atoms with Crippen LogP contribution in [0.3, 0.4) is 0 Å². The lowest BCUT2D eigenvalue weighted by atomic mass is 9.72. The molecule has 0 fully saturated rings. The zero-order valence-corrected chi connectivity index (χ0v) is 58.9. The SMILES string of the molecule is Brc1cccc(-c2ccc3oc4c5ccccc5c5ccccc5c4c3c2)c1.OB(O)c1c2ccccc2c(-c2cccc3ccccc23)c2ccccc12.c1cc(-c2ccc3oc4c5ccccc5c5ccccc5c4c3c2)cc(-c2c3ccccc3c(-c3cccc4ccccc34)c3ccccc23)c1. The lowest BCUT2D eigenvalue weighted by molar-refractivity contribution is 0.426. The molecule has 6 heteroatoms. The first-order chi connectivity index (χ1) is 52.4. The van der Waals surface area contributed by atoms with Crippen LogP contribution in [0.15, 0.2) is 377 Å². The molecule has 4 nitrogen and oxygen atoms in total. The Bertz CT molecular complexity index is 7230. The third kappa shape index (κ3) is 10.4. The molecule has 2 heterocycles. The molecular formula is C100H62BBrO4.